The predicted octanol–water partition coefficient (Wildman–Crippen LogP) is 4.34. The highest BCUT2D eigenvalue weighted by Crippen LogP contribution is 2.30. The molecule has 0 radical (unpaired) electrons. The first-order valence-corrected chi connectivity index (χ1v) is 10.5. The average Bonchev–Trinajstić information content (AvgIpc) is 2.34. The summed E-state index contributed by atoms with van der Waals surface area (Å²) in [5, 5.41) is 0. The van der Waals surface area contributed by atoms with Crippen molar-refractivity contribution < 1.29 is 18.1 Å². The number of aliphatic imine (C=N–C) groups is 1. The first-order valence-electron chi connectivity index (χ1n) is 8.61. The minimum absolute atomic E-state index is 0.0383. The average molecular weight is 346 g/mol. The van der Waals surface area contributed by atoms with Gasteiger partial charge in [0, 0.05) is 18.3 Å². The van der Waals surface area contributed by atoms with Crippen molar-refractivity contribution in [3.05, 3.63) is 0 Å². The van der Waals surface area contributed by atoms with E-state index < -0.39 is 14.4 Å². The van der Waals surface area contributed by atoms with Crippen molar-refractivity contribution in [2.45, 2.75) is 92.1 Å². The molecule has 0 aliphatic rings. The van der Waals surface area contributed by atoms with E-state index in [9.17, 15) is 4.79 Å². The van der Waals surface area contributed by atoms with Crippen LogP contribution in [0.25, 0.3) is 0 Å². The SMILES string of the molecule is CC(C)CC[Si](OC(C)C)(OC(C)C)OC(C)(C)CCN=C=O. The van der Waals surface area contributed by atoms with Crippen LogP contribution < -0.4 is 0 Å². The van der Waals surface area contributed by atoms with Crippen molar-refractivity contribution in [2.75, 3.05) is 6.54 Å². The Kier molecular flexibility index (Phi) is 10.1. The Morgan fingerprint density at radius 3 is 1.96 bits per heavy atom. The second-order valence-electron chi connectivity index (χ2n) is 7.53. The largest absolute Gasteiger partial charge is 0.501 e. The van der Waals surface area contributed by atoms with Gasteiger partial charge in [0.25, 0.3) is 0 Å². The molecule has 0 aromatic carbocycles. The van der Waals surface area contributed by atoms with Crippen molar-refractivity contribution in [3.63, 3.8) is 0 Å². The first-order chi connectivity index (χ1) is 10.5. The highest BCUT2D eigenvalue weighted by Gasteiger charge is 2.47. The summed E-state index contributed by atoms with van der Waals surface area (Å²) in [4.78, 5) is 13.9. The second-order valence-corrected chi connectivity index (χ2v) is 10.1. The molecule has 0 aliphatic heterocycles. The lowest BCUT2D eigenvalue weighted by molar-refractivity contribution is -0.0398. The van der Waals surface area contributed by atoms with Gasteiger partial charge in [-0.3, -0.25) is 0 Å². The second kappa shape index (κ2) is 10.4. The molecule has 0 fully saturated rings. The fourth-order valence-electron chi connectivity index (χ4n) is 2.27. The van der Waals surface area contributed by atoms with Crippen molar-refractivity contribution in [1.29, 1.82) is 0 Å². The summed E-state index contributed by atoms with van der Waals surface area (Å²) in [6, 6.07) is 0.793. The zero-order valence-corrected chi connectivity index (χ0v) is 17.1. The smallest absolute Gasteiger partial charge is 0.371 e. The van der Waals surface area contributed by atoms with Crippen LogP contribution in [-0.2, 0) is 18.1 Å². The van der Waals surface area contributed by atoms with Crippen LogP contribution in [0, 0.1) is 5.92 Å². The predicted molar refractivity (Wildman–Crippen MR) is 95.2 cm³/mol. The minimum Gasteiger partial charge on any atom is -0.371 e. The molecule has 0 aromatic heterocycles. The van der Waals surface area contributed by atoms with Crippen molar-refractivity contribution in [2.24, 2.45) is 10.9 Å². The van der Waals surface area contributed by atoms with Gasteiger partial charge in [-0.1, -0.05) is 13.8 Å². The molecule has 0 saturated carbocycles. The Balaban J connectivity index is 5.27. The molecule has 0 heterocycles. The first kappa shape index (κ1) is 22.5. The summed E-state index contributed by atoms with van der Waals surface area (Å²) >= 11 is 0. The molecule has 0 saturated heterocycles. The fourth-order valence-corrected chi connectivity index (χ4v) is 6.07. The van der Waals surface area contributed by atoms with Gasteiger partial charge in [-0.05, 0) is 60.3 Å². The molecule has 23 heavy (non-hydrogen) atoms. The van der Waals surface area contributed by atoms with E-state index in [-0.39, 0.29) is 12.2 Å². The number of hydrogen-bond donors (Lipinski definition) is 0. The van der Waals surface area contributed by atoms with Gasteiger partial charge in [-0.15, -0.1) is 0 Å². The van der Waals surface area contributed by atoms with Crippen LogP contribution in [0.15, 0.2) is 4.99 Å². The molecule has 0 bridgehead atoms. The molecule has 0 aliphatic carbocycles. The lowest BCUT2D eigenvalue weighted by Crippen LogP contribution is -2.54. The normalized spacial score (nSPS) is 13.0. The van der Waals surface area contributed by atoms with Gasteiger partial charge in [0.15, 0.2) is 0 Å². The lowest BCUT2D eigenvalue weighted by atomic mass is 10.1. The monoisotopic (exact) mass is 345 g/mol. The van der Waals surface area contributed by atoms with E-state index >= 15 is 0 Å². The Morgan fingerprint density at radius 1 is 1.04 bits per heavy atom. The van der Waals surface area contributed by atoms with E-state index in [0.29, 0.717) is 18.9 Å². The summed E-state index contributed by atoms with van der Waals surface area (Å²) in [5.41, 5.74) is -0.465. The van der Waals surface area contributed by atoms with Gasteiger partial charge in [-0.2, -0.15) is 0 Å². The summed E-state index contributed by atoms with van der Waals surface area (Å²) < 4.78 is 18.9. The van der Waals surface area contributed by atoms with Gasteiger partial charge in [0.05, 0.1) is 12.1 Å². The molecule has 6 heteroatoms. The van der Waals surface area contributed by atoms with Crippen LogP contribution >= 0.6 is 0 Å². The van der Waals surface area contributed by atoms with E-state index in [0.717, 1.165) is 12.5 Å². The van der Waals surface area contributed by atoms with Crippen molar-refractivity contribution >= 4 is 14.9 Å². The van der Waals surface area contributed by atoms with Crippen molar-refractivity contribution in [3.8, 4) is 0 Å². The Hall–Kier alpha value is -0.523. The van der Waals surface area contributed by atoms with E-state index in [2.05, 4.69) is 18.8 Å². The van der Waals surface area contributed by atoms with Crippen LogP contribution in [-0.4, -0.2) is 39.2 Å². The molecule has 0 unspecified atom stereocenters. The maximum Gasteiger partial charge on any atom is 0.501 e. The third-order valence-corrected chi connectivity index (χ3v) is 6.61. The number of isocyanates is 1. The Morgan fingerprint density at radius 2 is 1.57 bits per heavy atom. The van der Waals surface area contributed by atoms with E-state index in [1.165, 1.54) is 0 Å². The fraction of sp³-hybridized carbons (Fsp3) is 0.941. The zero-order chi connectivity index (χ0) is 18.1. The number of carbonyl (C=O) groups excluding carboxylic acids is 1. The van der Waals surface area contributed by atoms with Gasteiger partial charge in [0.2, 0.25) is 6.08 Å². The molecule has 0 aromatic rings. The standard InChI is InChI=1S/C17H35NO4Si/c1-14(2)9-12-23(20-15(3)4,21-16(5)6)22-17(7,8)10-11-18-13-19/h14-16H,9-12H2,1-8H3. The van der Waals surface area contributed by atoms with Crippen LogP contribution in [0.1, 0.15) is 68.2 Å². The highest BCUT2D eigenvalue weighted by molar-refractivity contribution is 6.61. The number of hydrogen-bond acceptors (Lipinski definition) is 5. The van der Waals surface area contributed by atoms with Crippen LogP contribution in [0.3, 0.4) is 0 Å². The molecular weight excluding hydrogens is 310 g/mol. The van der Waals surface area contributed by atoms with E-state index in [1.807, 2.05) is 41.5 Å². The van der Waals surface area contributed by atoms with Crippen LogP contribution in [0.5, 0.6) is 0 Å². The molecule has 0 atom stereocenters. The summed E-state index contributed by atoms with van der Waals surface area (Å²) in [6.45, 7) is 16.8. The third-order valence-electron chi connectivity index (χ3n) is 3.18. The van der Waals surface area contributed by atoms with Crippen LogP contribution in [0.2, 0.25) is 6.04 Å². The van der Waals surface area contributed by atoms with Crippen LogP contribution in [0.4, 0.5) is 0 Å². The van der Waals surface area contributed by atoms with Gasteiger partial charge >= 0.3 is 8.80 Å². The Bertz CT molecular complexity index is 367. The maximum absolute atomic E-state index is 10.3. The molecule has 136 valence electrons. The quantitative estimate of drug-likeness (QED) is 0.300. The molecular formula is C17H35NO4Si. The zero-order valence-electron chi connectivity index (χ0n) is 16.1. The van der Waals surface area contributed by atoms with Crippen molar-refractivity contribution in [1.82, 2.24) is 0 Å². The lowest BCUT2D eigenvalue weighted by Gasteiger charge is -2.39. The summed E-state index contributed by atoms with van der Waals surface area (Å²) in [6.07, 6.45) is 3.27. The van der Waals surface area contributed by atoms with E-state index in [1.54, 1.807) is 6.08 Å². The molecule has 0 amide bonds. The molecule has 0 N–H and O–H groups in total. The number of rotatable bonds is 12. The van der Waals surface area contributed by atoms with Gasteiger partial charge in [0.1, 0.15) is 0 Å². The highest BCUT2D eigenvalue weighted by atomic mass is 28.4. The molecule has 0 spiro atoms. The summed E-state index contributed by atoms with van der Waals surface area (Å²) in [5.74, 6) is 0.555. The van der Waals surface area contributed by atoms with E-state index in [4.69, 9.17) is 13.3 Å². The Labute approximate surface area is 143 Å². The minimum atomic E-state index is -2.82. The maximum atomic E-state index is 10.3. The number of nitrogens with zero attached hydrogens (tertiary/aromatic N) is 1. The van der Waals surface area contributed by atoms with Gasteiger partial charge < -0.3 is 13.3 Å². The third kappa shape index (κ3) is 10.8. The van der Waals surface area contributed by atoms with Gasteiger partial charge in [-0.25, -0.2) is 9.79 Å². The summed E-state index contributed by atoms with van der Waals surface area (Å²) in [7, 11) is -2.82. The molecule has 0 rings (SSSR count). The topological polar surface area (TPSA) is 57.1 Å². The molecule has 5 nitrogen and oxygen atoms in total.